The summed E-state index contributed by atoms with van der Waals surface area (Å²) in [5, 5.41) is 8.05. The normalized spacial score (nSPS) is 17.3. The summed E-state index contributed by atoms with van der Waals surface area (Å²) in [7, 11) is 1.99. The highest BCUT2D eigenvalue weighted by molar-refractivity contribution is 5.39. The summed E-state index contributed by atoms with van der Waals surface area (Å²) in [4.78, 5) is 0. The van der Waals surface area contributed by atoms with Crippen molar-refractivity contribution >= 4 is 0 Å². The third kappa shape index (κ3) is 3.58. The molecule has 0 fully saturated rings. The van der Waals surface area contributed by atoms with Gasteiger partial charge in [0.2, 0.25) is 0 Å². The number of ether oxygens (including phenoxy) is 1. The Bertz CT molecular complexity index is 675. The van der Waals surface area contributed by atoms with Crippen LogP contribution in [0.4, 0.5) is 0 Å². The van der Waals surface area contributed by atoms with Crippen LogP contribution in [0.3, 0.4) is 0 Å². The van der Waals surface area contributed by atoms with Crippen LogP contribution < -0.4 is 10.1 Å². The van der Waals surface area contributed by atoms with Gasteiger partial charge in [0.05, 0.1) is 12.3 Å². The number of aryl methyl sites for hydroxylation is 2. The number of rotatable bonds is 5. The van der Waals surface area contributed by atoms with Crippen molar-refractivity contribution in [2.45, 2.75) is 58.7 Å². The van der Waals surface area contributed by atoms with Gasteiger partial charge in [0.15, 0.2) is 0 Å². The molecule has 2 aromatic rings. The van der Waals surface area contributed by atoms with Gasteiger partial charge in [-0.1, -0.05) is 6.07 Å². The third-order valence-electron chi connectivity index (χ3n) is 4.68. The fraction of sp³-hybridized carbons (Fsp3) is 0.526. The Balaban J connectivity index is 1.76. The molecule has 0 saturated carbocycles. The highest BCUT2D eigenvalue weighted by Crippen LogP contribution is 2.33. The smallest absolute Gasteiger partial charge is 0.120 e. The van der Waals surface area contributed by atoms with Gasteiger partial charge in [0, 0.05) is 30.9 Å². The lowest BCUT2D eigenvalue weighted by Gasteiger charge is -2.27. The van der Waals surface area contributed by atoms with Crippen LogP contribution in [-0.2, 0) is 20.0 Å². The monoisotopic (exact) mass is 313 g/mol. The highest BCUT2D eigenvalue weighted by atomic mass is 16.5. The van der Waals surface area contributed by atoms with Gasteiger partial charge in [0.25, 0.3) is 0 Å². The molecule has 3 rings (SSSR count). The molecule has 124 valence electrons. The van der Waals surface area contributed by atoms with Gasteiger partial charge in [0.1, 0.15) is 5.75 Å². The van der Waals surface area contributed by atoms with E-state index in [9.17, 15) is 0 Å². The molecule has 1 aliphatic carbocycles. The van der Waals surface area contributed by atoms with E-state index in [-0.39, 0.29) is 6.10 Å². The Labute approximate surface area is 138 Å². The molecule has 1 aromatic carbocycles. The van der Waals surface area contributed by atoms with Gasteiger partial charge in [-0.15, -0.1) is 0 Å². The second kappa shape index (κ2) is 6.75. The second-order valence-electron chi connectivity index (χ2n) is 6.73. The lowest BCUT2D eigenvalue weighted by Crippen LogP contribution is -2.25. The van der Waals surface area contributed by atoms with Crippen molar-refractivity contribution in [2.24, 2.45) is 7.05 Å². The van der Waals surface area contributed by atoms with Crippen molar-refractivity contribution < 1.29 is 4.74 Å². The van der Waals surface area contributed by atoms with E-state index in [4.69, 9.17) is 4.74 Å². The van der Waals surface area contributed by atoms with Gasteiger partial charge >= 0.3 is 0 Å². The van der Waals surface area contributed by atoms with Gasteiger partial charge < -0.3 is 10.1 Å². The molecule has 4 nitrogen and oxygen atoms in total. The Hall–Kier alpha value is -1.81. The topological polar surface area (TPSA) is 39.1 Å². The summed E-state index contributed by atoms with van der Waals surface area (Å²) in [5.74, 6) is 0.977. The van der Waals surface area contributed by atoms with E-state index in [0.717, 1.165) is 12.3 Å². The zero-order valence-electron chi connectivity index (χ0n) is 14.6. The average Bonchev–Trinajstić information content (AvgIpc) is 2.84. The molecule has 0 spiro atoms. The van der Waals surface area contributed by atoms with Crippen LogP contribution in [0.2, 0.25) is 0 Å². The molecule has 23 heavy (non-hydrogen) atoms. The molecule has 0 unspecified atom stereocenters. The lowest BCUT2D eigenvalue weighted by molar-refractivity contribution is 0.241. The Kier molecular flexibility index (Phi) is 4.71. The summed E-state index contributed by atoms with van der Waals surface area (Å²) < 4.78 is 7.80. The Morgan fingerprint density at radius 2 is 2.22 bits per heavy atom. The predicted octanol–water partition coefficient (Wildman–Crippen LogP) is 3.68. The number of hydrogen-bond acceptors (Lipinski definition) is 3. The van der Waals surface area contributed by atoms with E-state index in [1.165, 1.54) is 41.6 Å². The molecule has 1 aromatic heterocycles. The maximum atomic E-state index is 5.87. The summed E-state index contributed by atoms with van der Waals surface area (Å²) in [5.41, 5.74) is 5.35. The largest absolute Gasteiger partial charge is 0.491 e. The first kappa shape index (κ1) is 16.1. The molecule has 0 radical (unpaired) electrons. The minimum atomic E-state index is 0.209. The minimum Gasteiger partial charge on any atom is -0.491 e. The van der Waals surface area contributed by atoms with Gasteiger partial charge in [-0.3, -0.25) is 4.68 Å². The summed E-state index contributed by atoms with van der Waals surface area (Å²) >= 11 is 0. The number of hydrogen-bond donors (Lipinski definition) is 1. The number of benzene rings is 1. The number of nitrogens with zero attached hydrogens (tertiary/aromatic N) is 2. The minimum absolute atomic E-state index is 0.209. The van der Waals surface area contributed by atoms with Crippen molar-refractivity contribution in [3.8, 4) is 5.75 Å². The van der Waals surface area contributed by atoms with Gasteiger partial charge in [-0.25, -0.2) is 0 Å². The molecule has 0 saturated heterocycles. The zero-order chi connectivity index (χ0) is 16.4. The van der Waals surface area contributed by atoms with Crippen molar-refractivity contribution in [3.05, 3.63) is 46.8 Å². The predicted molar refractivity (Wildman–Crippen MR) is 92.7 cm³/mol. The number of nitrogens with one attached hydrogen (secondary N) is 1. The third-order valence-corrected chi connectivity index (χ3v) is 4.68. The van der Waals surface area contributed by atoms with Crippen LogP contribution >= 0.6 is 0 Å². The first-order valence-corrected chi connectivity index (χ1v) is 8.55. The molecule has 0 bridgehead atoms. The molecule has 1 atom stereocenters. The average molecular weight is 313 g/mol. The van der Waals surface area contributed by atoms with Crippen molar-refractivity contribution in [2.75, 3.05) is 0 Å². The number of fused-ring (bicyclic) bond motifs is 1. The summed E-state index contributed by atoms with van der Waals surface area (Å²) in [6, 6.07) is 6.96. The number of aromatic nitrogens is 2. The first-order chi connectivity index (χ1) is 11.0. The maximum Gasteiger partial charge on any atom is 0.120 e. The molecule has 1 aliphatic rings. The molecule has 0 amide bonds. The molecule has 1 heterocycles. The first-order valence-electron chi connectivity index (χ1n) is 8.55. The van der Waals surface area contributed by atoms with E-state index in [2.05, 4.69) is 49.4 Å². The van der Waals surface area contributed by atoms with Gasteiger partial charge in [-0.2, -0.15) is 5.10 Å². The van der Waals surface area contributed by atoms with Crippen LogP contribution in [0.15, 0.2) is 24.4 Å². The van der Waals surface area contributed by atoms with Gasteiger partial charge in [-0.05, 0) is 63.3 Å². The fourth-order valence-corrected chi connectivity index (χ4v) is 3.29. The zero-order valence-corrected chi connectivity index (χ0v) is 14.6. The molecule has 4 heteroatoms. The van der Waals surface area contributed by atoms with E-state index < -0.39 is 0 Å². The molecule has 1 N–H and O–H groups in total. The van der Waals surface area contributed by atoms with Crippen LogP contribution in [0.5, 0.6) is 5.75 Å². The van der Waals surface area contributed by atoms with Crippen LogP contribution in [-0.4, -0.2) is 15.9 Å². The Morgan fingerprint density at radius 3 is 2.91 bits per heavy atom. The van der Waals surface area contributed by atoms with E-state index >= 15 is 0 Å². The van der Waals surface area contributed by atoms with Crippen LogP contribution in [0.1, 0.15) is 55.1 Å². The molecular weight excluding hydrogens is 286 g/mol. The van der Waals surface area contributed by atoms with E-state index in [1.54, 1.807) is 0 Å². The van der Waals surface area contributed by atoms with Crippen molar-refractivity contribution in [3.63, 3.8) is 0 Å². The second-order valence-corrected chi connectivity index (χ2v) is 6.73. The maximum absolute atomic E-state index is 5.87. The molecular formula is C19H27N3O. The van der Waals surface area contributed by atoms with E-state index in [0.29, 0.717) is 6.04 Å². The summed E-state index contributed by atoms with van der Waals surface area (Å²) in [6.45, 7) is 7.12. The van der Waals surface area contributed by atoms with Crippen LogP contribution in [0.25, 0.3) is 0 Å². The SMILES string of the molecule is Cc1c(CN[C@@H]2CCCc3ccc(OC(C)C)cc32)cnn1C. The standard InChI is InChI=1S/C19H27N3O/c1-13(2)23-17-9-8-15-6-5-7-19(18(15)10-17)20-11-16-12-21-22(4)14(16)3/h8-10,12-13,19-20H,5-7,11H2,1-4H3/t19-/m1/s1. The quantitative estimate of drug-likeness (QED) is 0.915. The van der Waals surface area contributed by atoms with E-state index in [1.807, 2.05) is 17.9 Å². The summed E-state index contributed by atoms with van der Waals surface area (Å²) in [6.07, 6.45) is 5.76. The van der Waals surface area contributed by atoms with Crippen molar-refractivity contribution in [1.82, 2.24) is 15.1 Å². The van der Waals surface area contributed by atoms with Crippen molar-refractivity contribution in [1.29, 1.82) is 0 Å². The Morgan fingerprint density at radius 1 is 1.39 bits per heavy atom. The fourth-order valence-electron chi connectivity index (χ4n) is 3.29. The van der Waals surface area contributed by atoms with Crippen LogP contribution in [0, 0.1) is 6.92 Å². The molecule has 0 aliphatic heterocycles. The highest BCUT2D eigenvalue weighted by Gasteiger charge is 2.21. The lowest BCUT2D eigenvalue weighted by atomic mass is 9.87.